The molecule has 3 aromatic rings. The minimum atomic E-state index is -0.141. The van der Waals surface area contributed by atoms with Crippen LogP contribution in [0.5, 0.6) is 11.5 Å². The summed E-state index contributed by atoms with van der Waals surface area (Å²) in [6, 6.07) is 16.2. The Morgan fingerprint density at radius 3 is 2.54 bits per heavy atom. The van der Waals surface area contributed by atoms with Gasteiger partial charge >= 0.3 is 0 Å². The third kappa shape index (κ3) is 5.15. The number of anilines is 1. The van der Waals surface area contributed by atoms with Crippen molar-refractivity contribution in [1.29, 1.82) is 0 Å². The molecule has 0 aliphatic rings. The molecule has 0 radical (unpaired) electrons. The fourth-order valence-electron chi connectivity index (χ4n) is 2.45. The van der Waals surface area contributed by atoms with Gasteiger partial charge in [-0.2, -0.15) is 0 Å². The lowest BCUT2D eigenvalue weighted by Gasteiger charge is -2.09. The van der Waals surface area contributed by atoms with Gasteiger partial charge in [-0.15, -0.1) is 10.2 Å². The quantitative estimate of drug-likeness (QED) is 0.571. The number of thioether (sulfide) groups is 1. The summed E-state index contributed by atoms with van der Waals surface area (Å²) >= 11 is 7.22. The Morgan fingerprint density at radius 2 is 1.86 bits per heavy atom. The monoisotopic (exact) mass is 415 g/mol. The molecule has 0 aliphatic heterocycles. The Kier molecular flexibility index (Phi) is 6.73. The van der Waals surface area contributed by atoms with Gasteiger partial charge in [0.25, 0.3) is 0 Å². The standard InChI is InChI=1S/C20H18ClN3O3S/c1-26-17-8-6-13(10-18(17)27-2)16-7-9-20(24-23-16)28-12-19(25)22-15-5-3-4-14(21)11-15/h3-11H,12H2,1-2H3,(H,22,25). The Hall–Kier alpha value is -2.77. The molecule has 1 amide bonds. The predicted octanol–water partition coefficient (Wildman–Crippen LogP) is 4.55. The normalized spacial score (nSPS) is 10.4. The Balaban J connectivity index is 1.61. The van der Waals surface area contributed by atoms with Gasteiger partial charge in [0, 0.05) is 16.3 Å². The summed E-state index contributed by atoms with van der Waals surface area (Å²) in [5, 5.41) is 12.4. The molecule has 6 nitrogen and oxygen atoms in total. The molecular formula is C20H18ClN3O3S. The van der Waals surface area contributed by atoms with Crippen molar-refractivity contribution in [2.75, 3.05) is 25.3 Å². The number of halogens is 1. The van der Waals surface area contributed by atoms with Crippen molar-refractivity contribution in [3.05, 3.63) is 59.6 Å². The SMILES string of the molecule is COc1ccc(-c2ccc(SCC(=O)Nc3cccc(Cl)c3)nn2)cc1OC. The molecule has 0 fully saturated rings. The largest absolute Gasteiger partial charge is 0.493 e. The number of nitrogens with one attached hydrogen (secondary N) is 1. The van der Waals surface area contributed by atoms with Crippen molar-refractivity contribution in [2.24, 2.45) is 0 Å². The van der Waals surface area contributed by atoms with Crippen LogP contribution in [0.2, 0.25) is 5.02 Å². The van der Waals surface area contributed by atoms with Gasteiger partial charge in [-0.25, -0.2) is 0 Å². The molecule has 0 bridgehead atoms. The zero-order valence-corrected chi connectivity index (χ0v) is 16.9. The van der Waals surface area contributed by atoms with E-state index in [0.717, 1.165) is 5.56 Å². The van der Waals surface area contributed by atoms with Crippen LogP contribution in [0.1, 0.15) is 0 Å². The highest BCUT2D eigenvalue weighted by molar-refractivity contribution is 7.99. The van der Waals surface area contributed by atoms with Crippen molar-refractivity contribution in [3.8, 4) is 22.8 Å². The number of methoxy groups -OCH3 is 2. The maximum absolute atomic E-state index is 12.1. The Labute approximate surface area is 172 Å². The lowest BCUT2D eigenvalue weighted by molar-refractivity contribution is -0.113. The molecule has 144 valence electrons. The number of rotatable bonds is 7. The molecule has 0 saturated heterocycles. The van der Waals surface area contributed by atoms with Crippen LogP contribution >= 0.6 is 23.4 Å². The number of aromatic nitrogens is 2. The minimum Gasteiger partial charge on any atom is -0.493 e. The van der Waals surface area contributed by atoms with Gasteiger partial charge in [0.15, 0.2) is 11.5 Å². The molecule has 0 aliphatic carbocycles. The van der Waals surface area contributed by atoms with Gasteiger partial charge in [-0.3, -0.25) is 4.79 Å². The highest BCUT2D eigenvalue weighted by Crippen LogP contribution is 2.31. The van der Waals surface area contributed by atoms with E-state index < -0.39 is 0 Å². The van der Waals surface area contributed by atoms with E-state index in [-0.39, 0.29) is 11.7 Å². The molecule has 3 rings (SSSR count). The van der Waals surface area contributed by atoms with Crippen LogP contribution in [0.3, 0.4) is 0 Å². The molecule has 28 heavy (non-hydrogen) atoms. The highest BCUT2D eigenvalue weighted by Gasteiger charge is 2.09. The number of benzene rings is 2. The predicted molar refractivity (Wildman–Crippen MR) is 111 cm³/mol. The molecule has 0 atom stereocenters. The van der Waals surface area contributed by atoms with Crippen LogP contribution in [0.15, 0.2) is 59.6 Å². The fraction of sp³-hybridized carbons (Fsp3) is 0.150. The molecular weight excluding hydrogens is 398 g/mol. The maximum atomic E-state index is 12.1. The first-order chi connectivity index (χ1) is 13.6. The summed E-state index contributed by atoms with van der Waals surface area (Å²) < 4.78 is 10.6. The van der Waals surface area contributed by atoms with E-state index in [9.17, 15) is 4.79 Å². The summed E-state index contributed by atoms with van der Waals surface area (Å²) in [6.45, 7) is 0. The highest BCUT2D eigenvalue weighted by atomic mass is 35.5. The number of nitrogens with zero attached hydrogens (tertiary/aromatic N) is 2. The number of ether oxygens (including phenoxy) is 2. The summed E-state index contributed by atoms with van der Waals surface area (Å²) in [7, 11) is 3.17. The third-order valence-corrected chi connectivity index (χ3v) is 4.93. The first kappa shape index (κ1) is 20.0. The van der Waals surface area contributed by atoms with E-state index in [2.05, 4.69) is 15.5 Å². The van der Waals surface area contributed by atoms with Gasteiger partial charge in [-0.05, 0) is 48.5 Å². The lowest BCUT2D eigenvalue weighted by atomic mass is 10.1. The lowest BCUT2D eigenvalue weighted by Crippen LogP contribution is -2.14. The van der Waals surface area contributed by atoms with E-state index in [0.29, 0.717) is 32.9 Å². The fourth-order valence-corrected chi connectivity index (χ4v) is 3.25. The zero-order chi connectivity index (χ0) is 19.9. The zero-order valence-electron chi connectivity index (χ0n) is 15.3. The molecule has 0 saturated carbocycles. The van der Waals surface area contributed by atoms with Crippen LogP contribution in [0.4, 0.5) is 5.69 Å². The Morgan fingerprint density at radius 1 is 1.04 bits per heavy atom. The molecule has 0 unspecified atom stereocenters. The van der Waals surface area contributed by atoms with E-state index in [4.69, 9.17) is 21.1 Å². The topological polar surface area (TPSA) is 73.3 Å². The van der Waals surface area contributed by atoms with Crippen molar-refractivity contribution in [3.63, 3.8) is 0 Å². The van der Waals surface area contributed by atoms with Gasteiger partial charge in [0.05, 0.1) is 25.7 Å². The van der Waals surface area contributed by atoms with Crippen molar-refractivity contribution in [1.82, 2.24) is 10.2 Å². The van der Waals surface area contributed by atoms with Crippen molar-refractivity contribution in [2.45, 2.75) is 5.03 Å². The van der Waals surface area contributed by atoms with Crippen LogP contribution in [0.25, 0.3) is 11.3 Å². The molecule has 1 aromatic heterocycles. The number of carbonyl (C=O) groups excluding carboxylic acids is 1. The van der Waals surface area contributed by atoms with Crippen LogP contribution in [-0.4, -0.2) is 36.1 Å². The van der Waals surface area contributed by atoms with E-state index in [1.165, 1.54) is 11.8 Å². The van der Waals surface area contributed by atoms with Gasteiger partial charge < -0.3 is 14.8 Å². The Bertz CT molecular complexity index is 967. The number of hydrogen-bond donors (Lipinski definition) is 1. The van der Waals surface area contributed by atoms with Crippen molar-refractivity contribution >= 4 is 35.0 Å². The van der Waals surface area contributed by atoms with E-state index >= 15 is 0 Å². The molecule has 2 aromatic carbocycles. The summed E-state index contributed by atoms with van der Waals surface area (Å²) in [6.07, 6.45) is 0. The first-order valence-corrected chi connectivity index (χ1v) is 9.70. The number of carbonyl (C=O) groups is 1. The summed E-state index contributed by atoms with van der Waals surface area (Å²) in [5.74, 6) is 1.35. The third-order valence-electron chi connectivity index (χ3n) is 3.78. The second kappa shape index (κ2) is 9.43. The van der Waals surface area contributed by atoms with E-state index in [1.54, 1.807) is 38.5 Å². The number of hydrogen-bond acceptors (Lipinski definition) is 6. The summed E-state index contributed by atoms with van der Waals surface area (Å²) in [5.41, 5.74) is 2.22. The maximum Gasteiger partial charge on any atom is 0.234 e. The van der Waals surface area contributed by atoms with Crippen LogP contribution in [0, 0.1) is 0 Å². The summed E-state index contributed by atoms with van der Waals surface area (Å²) in [4.78, 5) is 12.1. The van der Waals surface area contributed by atoms with Crippen molar-refractivity contribution < 1.29 is 14.3 Å². The second-order valence-electron chi connectivity index (χ2n) is 5.67. The molecule has 8 heteroatoms. The first-order valence-electron chi connectivity index (χ1n) is 8.33. The minimum absolute atomic E-state index is 0.141. The van der Waals surface area contributed by atoms with Crippen LogP contribution in [-0.2, 0) is 4.79 Å². The van der Waals surface area contributed by atoms with E-state index in [1.807, 2.05) is 30.3 Å². The smallest absolute Gasteiger partial charge is 0.234 e. The average molecular weight is 416 g/mol. The molecule has 0 spiro atoms. The van der Waals surface area contributed by atoms with Crippen LogP contribution < -0.4 is 14.8 Å². The van der Waals surface area contributed by atoms with Gasteiger partial charge in [0.2, 0.25) is 5.91 Å². The average Bonchev–Trinajstić information content (AvgIpc) is 2.72. The van der Waals surface area contributed by atoms with Gasteiger partial charge in [-0.1, -0.05) is 29.4 Å². The number of amides is 1. The molecule has 1 heterocycles. The molecule has 1 N–H and O–H groups in total. The van der Waals surface area contributed by atoms with Gasteiger partial charge in [0.1, 0.15) is 5.03 Å². The second-order valence-corrected chi connectivity index (χ2v) is 7.11.